The van der Waals surface area contributed by atoms with E-state index in [1.54, 1.807) is 0 Å². The van der Waals surface area contributed by atoms with Crippen molar-refractivity contribution in [1.82, 2.24) is 0 Å². The van der Waals surface area contributed by atoms with Crippen LogP contribution in [0.3, 0.4) is 0 Å². The molecule has 3 unspecified atom stereocenters. The summed E-state index contributed by atoms with van der Waals surface area (Å²) in [6.45, 7) is 4.36. The van der Waals surface area contributed by atoms with Gasteiger partial charge in [0.1, 0.15) is 0 Å². The predicted octanol–water partition coefficient (Wildman–Crippen LogP) is 2.45. The first kappa shape index (κ1) is 11.6. The lowest BCUT2D eigenvalue weighted by Gasteiger charge is -2.15. The van der Waals surface area contributed by atoms with Gasteiger partial charge in [0.2, 0.25) is 0 Å². The first-order valence-electron chi connectivity index (χ1n) is 6.21. The van der Waals surface area contributed by atoms with Gasteiger partial charge in [-0.3, -0.25) is 0 Å². The first-order chi connectivity index (χ1) is 7.70. The highest BCUT2D eigenvalue weighted by atomic mass is 16.6. The summed E-state index contributed by atoms with van der Waals surface area (Å²) < 4.78 is 10.6. The van der Waals surface area contributed by atoms with Gasteiger partial charge in [0.25, 0.3) is 0 Å². The SMILES string of the molecule is CCCOC(=O)C(C)=CC1CCC2OC2C1. The van der Waals surface area contributed by atoms with Crippen LogP contribution in [0.5, 0.6) is 0 Å². The number of ether oxygens (including phenoxy) is 2. The average molecular weight is 224 g/mol. The summed E-state index contributed by atoms with van der Waals surface area (Å²) in [4.78, 5) is 11.5. The monoisotopic (exact) mass is 224 g/mol. The van der Waals surface area contributed by atoms with Crippen molar-refractivity contribution >= 4 is 5.97 Å². The Morgan fingerprint density at radius 3 is 2.94 bits per heavy atom. The van der Waals surface area contributed by atoms with Crippen molar-refractivity contribution in [3.05, 3.63) is 11.6 Å². The molecule has 0 aromatic rings. The van der Waals surface area contributed by atoms with E-state index >= 15 is 0 Å². The molecule has 3 nitrogen and oxygen atoms in total. The lowest BCUT2D eigenvalue weighted by atomic mass is 9.88. The molecule has 2 rings (SSSR count). The Kier molecular flexibility index (Phi) is 3.64. The topological polar surface area (TPSA) is 38.8 Å². The number of carbonyl (C=O) groups excluding carboxylic acids is 1. The Balaban J connectivity index is 1.82. The highest BCUT2D eigenvalue weighted by molar-refractivity contribution is 5.87. The minimum Gasteiger partial charge on any atom is -0.462 e. The molecule has 0 bridgehead atoms. The Bertz CT molecular complexity index is 296. The third-order valence-electron chi connectivity index (χ3n) is 3.29. The van der Waals surface area contributed by atoms with E-state index in [2.05, 4.69) is 6.08 Å². The average Bonchev–Trinajstić information content (AvgIpc) is 3.03. The molecule has 1 aliphatic heterocycles. The number of hydrogen-bond donors (Lipinski definition) is 0. The number of esters is 1. The van der Waals surface area contributed by atoms with Crippen LogP contribution < -0.4 is 0 Å². The minimum atomic E-state index is -0.166. The fraction of sp³-hybridized carbons (Fsp3) is 0.769. The van der Waals surface area contributed by atoms with E-state index in [0.717, 1.165) is 31.3 Å². The Hall–Kier alpha value is -0.830. The number of fused-ring (bicyclic) bond motifs is 1. The standard InChI is InChI=1S/C13H20O3/c1-3-6-15-13(14)9(2)7-10-4-5-11-12(8-10)16-11/h7,10-12H,3-6,8H2,1-2H3. The summed E-state index contributed by atoms with van der Waals surface area (Å²) in [6.07, 6.45) is 7.29. The molecule has 0 aromatic carbocycles. The van der Waals surface area contributed by atoms with Crippen LogP contribution in [-0.4, -0.2) is 24.8 Å². The van der Waals surface area contributed by atoms with Gasteiger partial charge in [-0.2, -0.15) is 0 Å². The number of hydrogen-bond acceptors (Lipinski definition) is 3. The Labute approximate surface area is 96.8 Å². The van der Waals surface area contributed by atoms with E-state index < -0.39 is 0 Å². The zero-order chi connectivity index (χ0) is 11.5. The molecular formula is C13H20O3. The van der Waals surface area contributed by atoms with Gasteiger partial charge in [-0.25, -0.2) is 4.79 Å². The van der Waals surface area contributed by atoms with Crippen molar-refractivity contribution in [2.75, 3.05) is 6.61 Å². The molecular weight excluding hydrogens is 204 g/mol. The van der Waals surface area contributed by atoms with Gasteiger partial charge in [-0.05, 0) is 38.5 Å². The second-order valence-electron chi connectivity index (χ2n) is 4.77. The summed E-state index contributed by atoms with van der Waals surface area (Å²) >= 11 is 0. The molecule has 0 radical (unpaired) electrons. The minimum absolute atomic E-state index is 0.166. The maximum atomic E-state index is 11.5. The predicted molar refractivity (Wildman–Crippen MR) is 61.0 cm³/mol. The first-order valence-corrected chi connectivity index (χ1v) is 6.21. The van der Waals surface area contributed by atoms with Crippen molar-refractivity contribution in [3.63, 3.8) is 0 Å². The van der Waals surface area contributed by atoms with Gasteiger partial charge >= 0.3 is 5.97 Å². The quantitative estimate of drug-likeness (QED) is 0.418. The van der Waals surface area contributed by atoms with Gasteiger partial charge in [-0.1, -0.05) is 13.0 Å². The molecule has 0 spiro atoms. The van der Waals surface area contributed by atoms with E-state index in [0.29, 0.717) is 24.7 Å². The van der Waals surface area contributed by atoms with Gasteiger partial charge in [0.05, 0.1) is 18.8 Å². The van der Waals surface area contributed by atoms with E-state index in [1.165, 1.54) is 0 Å². The second-order valence-corrected chi connectivity index (χ2v) is 4.77. The van der Waals surface area contributed by atoms with Crippen LogP contribution in [0.1, 0.15) is 39.5 Å². The van der Waals surface area contributed by atoms with Gasteiger partial charge < -0.3 is 9.47 Å². The van der Waals surface area contributed by atoms with Crippen molar-refractivity contribution in [3.8, 4) is 0 Å². The summed E-state index contributed by atoms with van der Waals surface area (Å²) in [7, 11) is 0. The van der Waals surface area contributed by atoms with Crippen LogP contribution in [0.4, 0.5) is 0 Å². The number of rotatable bonds is 4. The van der Waals surface area contributed by atoms with E-state index in [-0.39, 0.29) is 5.97 Å². The van der Waals surface area contributed by atoms with Crippen molar-refractivity contribution in [1.29, 1.82) is 0 Å². The van der Waals surface area contributed by atoms with Crippen molar-refractivity contribution in [2.24, 2.45) is 5.92 Å². The lowest BCUT2D eigenvalue weighted by molar-refractivity contribution is -0.139. The lowest BCUT2D eigenvalue weighted by Crippen LogP contribution is -2.14. The van der Waals surface area contributed by atoms with E-state index in [4.69, 9.17) is 9.47 Å². The second kappa shape index (κ2) is 5.00. The van der Waals surface area contributed by atoms with Crippen LogP contribution >= 0.6 is 0 Å². The highest BCUT2D eigenvalue weighted by Crippen LogP contribution is 2.40. The molecule has 2 fully saturated rings. The van der Waals surface area contributed by atoms with E-state index in [1.807, 2.05) is 13.8 Å². The molecule has 1 saturated heterocycles. The molecule has 0 N–H and O–H groups in total. The van der Waals surface area contributed by atoms with Crippen molar-refractivity contribution < 1.29 is 14.3 Å². The summed E-state index contributed by atoms with van der Waals surface area (Å²) in [6, 6.07) is 0. The fourth-order valence-corrected chi connectivity index (χ4v) is 2.32. The maximum Gasteiger partial charge on any atom is 0.333 e. The number of allylic oxidation sites excluding steroid dienone is 1. The largest absolute Gasteiger partial charge is 0.462 e. The summed E-state index contributed by atoms with van der Waals surface area (Å²) in [5.41, 5.74) is 0.748. The Morgan fingerprint density at radius 1 is 1.44 bits per heavy atom. The fourth-order valence-electron chi connectivity index (χ4n) is 2.32. The molecule has 0 aromatic heterocycles. The van der Waals surface area contributed by atoms with Crippen molar-refractivity contribution in [2.45, 2.75) is 51.7 Å². The molecule has 1 aliphatic carbocycles. The zero-order valence-corrected chi connectivity index (χ0v) is 10.1. The van der Waals surface area contributed by atoms with Crippen LogP contribution in [0.2, 0.25) is 0 Å². The van der Waals surface area contributed by atoms with E-state index in [9.17, 15) is 4.79 Å². The molecule has 3 heteroatoms. The van der Waals surface area contributed by atoms with Crippen LogP contribution in [-0.2, 0) is 14.3 Å². The van der Waals surface area contributed by atoms with Gasteiger partial charge in [0, 0.05) is 5.57 Å². The van der Waals surface area contributed by atoms with Crippen LogP contribution in [0.25, 0.3) is 0 Å². The molecule has 16 heavy (non-hydrogen) atoms. The third-order valence-corrected chi connectivity index (χ3v) is 3.29. The molecule has 3 atom stereocenters. The maximum absolute atomic E-state index is 11.5. The van der Waals surface area contributed by atoms with Gasteiger partial charge in [0.15, 0.2) is 0 Å². The smallest absolute Gasteiger partial charge is 0.333 e. The normalized spacial score (nSPS) is 33.1. The summed E-state index contributed by atoms with van der Waals surface area (Å²) in [5, 5.41) is 0. The molecule has 1 saturated carbocycles. The third kappa shape index (κ3) is 2.85. The highest BCUT2D eigenvalue weighted by Gasteiger charge is 2.43. The molecule has 90 valence electrons. The number of carbonyl (C=O) groups is 1. The number of epoxide rings is 1. The molecule has 1 heterocycles. The molecule has 2 aliphatic rings. The Morgan fingerprint density at radius 2 is 2.25 bits per heavy atom. The zero-order valence-electron chi connectivity index (χ0n) is 10.1. The summed E-state index contributed by atoms with van der Waals surface area (Å²) in [5.74, 6) is 0.332. The van der Waals surface area contributed by atoms with Gasteiger partial charge in [-0.15, -0.1) is 0 Å². The molecule has 0 amide bonds. The van der Waals surface area contributed by atoms with Crippen LogP contribution in [0, 0.1) is 5.92 Å². The van der Waals surface area contributed by atoms with Crippen LogP contribution in [0.15, 0.2) is 11.6 Å².